The van der Waals surface area contributed by atoms with Gasteiger partial charge < -0.3 is 5.73 Å². The fourth-order valence-corrected chi connectivity index (χ4v) is 3.93. The molecule has 0 amide bonds. The van der Waals surface area contributed by atoms with Gasteiger partial charge in [-0.3, -0.25) is 19.9 Å². The van der Waals surface area contributed by atoms with Gasteiger partial charge in [0.05, 0.1) is 22.5 Å². The lowest BCUT2D eigenvalue weighted by atomic mass is 9.76. The van der Waals surface area contributed by atoms with Gasteiger partial charge in [-0.2, -0.15) is 5.26 Å². The van der Waals surface area contributed by atoms with Crippen LogP contribution < -0.4 is 5.73 Å². The van der Waals surface area contributed by atoms with E-state index in [1.54, 1.807) is 24.1 Å². The molecule has 1 aliphatic heterocycles. The van der Waals surface area contributed by atoms with Crippen LogP contribution >= 0.6 is 11.6 Å². The van der Waals surface area contributed by atoms with E-state index in [1.165, 1.54) is 18.2 Å². The van der Waals surface area contributed by atoms with Gasteiger partial charge in [0.25, 0.3) is 5.69 Å². The average molecular weight is 388 g/mol. The van der Waals surface area contributed by atoms with Gasteiger partial charge in [0.15, 0.2) is 5.78 Å². The van der Waals surface area contributed by atoms with Crippen LogP contribution in [0.1, 0.15) is 30.7 Å². The van der Waals surface area contributed by atoms with Crippen molar-refractivity contribution in [2.45, 2.75) is 25.2 Å². The number of nitrogens with two attached hydrogens (primary N) is 1. The lowest BCUT2D eigenvalue weighted by Gasteiger charge is -2.42. The molecule has 0 bridgehead atoms. The summed E-state index contributed by atoms with van der Waals surface area (Å²) in [6.45, 7) is 0. The lowest BCUT2D eigenvalue weighted by Crippen LogP contribution is -2.45. The molecular weight excluding hydrogens is 370 g/mol. The number of nitrogens with zero attached hydrogens (tertiary/aromatic N) is 4. The Bertz CT molecular complexity index is 945. The van der Waals surface area contributed by atoms with Crippen LogP contribution in [0, 0.1) is 21.4 Å². The van der Waals surface area contributed by atoms with E-state index >= 15 is 0 Å². The number of allylic oxidation sites excluding steroid dienone is 3. The third kappa shape index (κ3) is 3.05. The van der Waals surface area contributed by atoms with Gasteiger partial charge in [-0.05, 0) is 24.5 Å². The molecule has 0 spiro atoms. The molecule has 1 aliphatic carbocycles. The van der Waals surface area contributed by atoms with E-state index in [1.807, 2.05) is 0 Å². The number of hydrogen-bond acceptors (Lipinski definition) is 7. The standard InChI is InChI=1S/C18H18ClN5O3/c1-22(2)23-14-4-3-5-15(25)17(14)16(12(9-20)18(23)21)11-8-10(24(26)27)6-7-13(11)19/h6-8,16H,3-5,21H2,1-2H3. The first-order valence-electron chi connectivity index (χ1n) is 8.35. The zero-order valence-corrected chi connectivity index (χ0v) is 15.7. The smallest absolute Gasteiger partial charge is 0.269 e. The van der Waals surface area contributed by atoms with Crippen LogP contribution in [0.3, 0.4) is 0 Å². The van der Waals surface area contributed by atoms with Crippen molar-refractivity contribution in [2.24, 2.45) is 5.73 Å². The summed E-state index contributed by atoms with van der Waals surface area (Å²) in [6.07, 6.45) is 1.63. The number of hydrazine groups is 1. The predicted molar refractivity (Wildman–Crippen MR) is 99.1 cm³/mol. The Morgan fingerprint density at radius 1 is 1.41 bits per heavy atom. The number of rotatable bonds is 3. The third-order valence-corrected chi connectivity index (χ3v) is 5.13. The van der Waals surface area contributed by atoms with Crippen molar-refractivity contribution in [3.8, 4) is 6.07 Å². The molecule has 1 aromatic carbocycles. The summed E-state index contributed by atoms with van der Waals surface area (Å²) in [6, 6.07) is 6.10. The molecule has 27 heavy (non-hydrogen) atoms. The summed E-state index contributed by atoms with van der Waals surface area (Å²) in [7, 11) is 3.54. The highest BCUT2D eigenvalue weighted by molar-refractivity contribution is 6.31. The fourth-order valence-electron chi connectivity index (χ4n) is 3.70. The monoisotopic (exact) mass is 387 g/mol. The maximum absolute atomic E-state index is 12.8. The number of non-ortho nitro benzene ring substituents is 1. The molecule has 0 saturated carbocycles. The van der Waals surface area contributed by atoms with Gasteiger partial charge in [0.1, 0.15) is 5.82 Å². The predicted octanol–water partition coefficient (Wildman–Crippen LogP) is 2.82. The molecule has 0 radical (unpaired) electrons. The molecule has 0 saturated heterocycles. The summed E-state index contributed by atoms with van der Waals surface area (Å²) >= 11 is 6.33. The summed E-state index contributed by atoms with van der Waals surface area (Å²) in [4.78, 5) is 23.5. The Kier molecular flexibility index (Phi) is 4.91. The van der Waals surface area contributed by atoms with E-state index in [0.29, 0.717) is 36.1 Å². The second-order valence-corrected chi connectivity index (χ2v) is 7.01. The van der Waals surface area contributed by atoms with Crippen LogP contribution in [0.5, 0.6) is 0 Å². The molecule has 1 heterocycles. The molecule has 1 atom stereocenters. The summed E-state index contributed by atoms with van der Waals surface area (Å²) in [5.41, 5.74) is 7.75. The van der Waals surface area contributed by atoms with Crippen molar-refractivity contribution < 1.29 is 9.72 Å². The van der Waals surface area contributed by atoms with Crippen molar-refractivity contribution >= 4 is 23.1 Å². The van der Waals surface area contributed by atoms with Crippen molar-refractivity contribution in [3.63, 3.8) is 0 Å². The summed E-state index contributed by atoms with van der Waals surface area (Å²) in [5, 5.41) is 24.6. The molecule has 1 aromatic rings. The van der Waals surface area contributed by atoms with Crippen molar-refractivity contribution in [1.29, 1.82) is 5.26 Å². The SMILES string of the molecule is CN(C)N1C(N)=C(C#N)C(c2cc([N+](=O)[O-])ccc2Cl)C2=C1CCCC2=O. The number of nitro benzene ring substituents is 1. The van der Waals surface area contributed by atoms with Crippen LogP contribution in [-0.2, 0) is 4.79 Å². The molecule has 9 heteroatoms. The molecule has 1 unspecified atom stereocenters. The zero-order valence-electron chi connectivity index (χ0n) is 14.9. The quantitative estimate of drug-likeness (QED) is 0.625. The zero-order chi connectivity index (χ0) is 19.9. The second-order valence-electron chi connectivity index (χ2n) is 6.60. The Morgan fingerprint density at radius 2 is 2.11 bits per heavy atom. The third-order valence-electron chi connectivity index (χ3n) is 4.79. The number of hydrogen-bond donors (Lipinski definition) is 1. The maximum atomic E-state index is 12.8. The van der Waals surface area contributed by atoms with Gasteiger partial charge >= 0.3 is 0 Å². The van der Waals surface area contributed by atoms with Crippen molar-refractivity contribution in [2.75, 3.05) is 14.1 Å². The molecule has 3 rings (SSSR count). The van der Waals surface area contributed by atoms with E-state index in [0.717, 1.165) is 0 Å². The van der Waals surface area contributed by atoms with Gasteiger partial charge in [0.2, 0.25) is 0 Å². The van der Waals surface area contributed by atoms with Crippen LogP contribution in [-0.4, -0.2) is 34.8 Å². The summed E-state index contributed by atoms with van der Waals surface area (Å²) in [5.74, 6) is -0.721. The number of nitro groups is 1. The number of carbonyl (C=O) groups excluding carboxylic acids is 1. The first kappa shape index (κ1) is 18.9. The minimum atomic E-state index is -0.818. The van der Waals surface area contributed by atoms with Crippen LogP contribution in [0.25, 0.3) is 0 Å². The average Bonchev–Trinajstić information content (AvgIpc) is 2.60. The lowest BCUT2D eigenvalue weighted by molar-refractivity contribution is -0.384. The van der Waals surface area contributed by atoms with E-state index in [4.69, 9.17) is 17.3 Å². The Hall–Kier alpha value is -2.89. The number of Topliss-reactive ketones (excluding diaryl/α,β-unsaturated/α-hetero) is 1. The van der Waals surface area contributed by atoms with E-state index < -0.39 is 10.8 Å². The number of carbonyl (C=O) groups is 1. The van der Waals surface area contributed by atoms with Crippen LogP contribution in [0.4, 0.5) is 5.69 Å². The fraction of sp³-hybridized carbons (Fsp3) is 0.333. The molecule has 0 aromatic heterocycles. The molecule has 0 fully saturated rings. The topological polar surface area (TPSA) is 116 Å². The molecule has 2 aliphatic rings. The highest BCUT2D eigenvalue weighted by Crippen LogP contribution is 2.47. The first-order valence-corrected chi connectivity index (χ1v) is 8.72. The van der Waals surface area contributed by atoms with E-state index in [-0.39, 0.29) is 27.9 Å². The van der Waals surface area contributed by atoms with Gasteiger partial charge in [0, 0.05) is 48.9 Å². The molecule has 8 nitrogen and oxygen atoms in total. The highest BCUT2D eigenvalue weighted by atomic mass is 35.5. The van der Waals surface area contributed by atoms with Crippen molar-refractivity contribution in [3.05, 3.63) is 61.6 Å². The molecular formula is C18H18ClN5O3. The van der Waals surface area contributed by atoms with E-state index in [9.17, 15) is 20.2 Å². The van der Waals surface area contributed by atoms with E-state index in [2.05, 4.69) is 6.07 Å². The number of halogens is 1. The second kappa shape index (κ2) is 7.02. The van der Waals surface area contributed by atoms with Crippen molar-refractivity contribution in [1.82, 2.24) is 10.0 Å². The van der Waals surface area contributed by atoms with Crippen LogP contribution in [0.15, 0.2) is 40.9 Å². The minimum absolute atomic E-state index is 0.101. The van der Waals surface area contributed by atoms with Gasteiger partial charge in [-0.15, -0.1) is 0 Å². The minimum Gasteiger partial charge on any atom is -0.383 e. The van der Waals surface area contributed by atoms with Crippen LogP contribution in [0.2, 0.25) is 5.02 Å². The Balaban J connectivity index is 2.32. The largest absolute Gasteiger partial charge is 0.383 e. The normalized spacial score (nSPS) is 20.0. The number of ketones is 1. The maximum Gasteiger partial charge on any atom is 0.269 e. The Labute approximate surface area is 161 Å². The first-order chi connectivity index (χ1) is 12.8. The highest BCUT2D eigenvalue weighted by Gasteiger charge is 2.41. The number of nitriles is 1. The molecule has 2 N–H and O–H groups in total. The Morgan fingerprint density at radius 3 is 2.70 bits per heavy atom. The number of benzene rings is 1. The molecule has 140 valence electrons. The summed E-state index contributed by atoms with van der Waals surface area (Å²) < 4.78 is 0. The van der Waals surface area contributed by atoms with Gasteiger partial charge in [-0.1, -0.05) is 11.6 Å². The van der Waals surface area contributed by atoms with Gasteiger partial charge in [-0.25, -0.2) is 5.01 Å².